The summed E-state index contributed by atoms with van der Waals surface area (Å²) in [6, 6.07) is 12.7. The average molecular weight is 403 g/mol. The van der Waals surface area contributed by atoms with Gasteiger partial charge in [-0.1, -0.05) is 12.1 Å². The fourth-order valence-corrected chi connectivity index (χ4v) is 3.48. The first-order valence-electron chi connectivity index (χ1n) is 9.28. The lowest BCUT2D eigenvalue weighted by Gasteiger charge is -2.16. The Bertz CT molecular complexity index is 953. The molecule has 3 aromatic rings. The Kier molecular flexibility index (Phi) is 5.27. The number of likely N-dealkylation sites (tertiary alicyclic amines) is 1. The van der Waals surface area contributed by atoms with Gasteiger partial charge in [0.1, 0.15) is 5.75 Å². The van der Waals surface area contributed by atoms with Crippen molar-refractivity contribution >= 4 is 0 Å². The van der Waals surface area contributed by atoms with Gasteiger partial charge in [-0.2, -0.15) is 13.2 Å². The van der Waals surface area contributed by atoms with E-state index in [-0.39, 0.29) is 5.92 Å². The highest BCUT2D eigenvalue weighted by atomic mass is 19.4. The molecule has 8 heteroatoms. The lowest BCUT2D eigenvalue weighted by atomic mass is 10.1. The van der Waals surface area contributed by atoms with Crippen molar-refractivity contribution in [1.82, 2.24) is 15.1 Å². The summed E-state index contributed by atoms with van der Waals surface area (Å²) >= 11 is 0. The number of alkyl halides is 3. The van der Waals surface area contributed by atoms with Crippen LogP contribution in [0.1, 0.15) is 29.4 Å². The predicted molar refractivity (Wildman–Crippen MR) is 100 cm³/mol. The fraction of sp³-hybridized carbons (Fsp3) is 0.333. The standard InChI is InChI=1S/C21H20F3N3O2/c1-28-18-8-4-15(5-9-18)19-25-26-20(29-19)16-10-11-27(13-16)12-14-2-6-17(7-3-14)21(22,23)24/h2-9,16H,10-13H2,1H3/t16-/m0/s1. The molecule has 0 saturated carbocycles. The number of halogens is 3. The number of hydrogen-bond donors (Lipinski definition) is 0. The van der Waals surface area contributed by atoms with Gasteiger partial charge in [0.15, 0.2) is 0 Å². The highest BCUT2D eigenvalue weighted by molar-refractivity contribution is 5.54. The molecule has 1 aromatic heterocycles. The van der Waals surface area contributed by atoms with E-state index in [2.05, 4.69) is 15.1 Å². The smallest absolute Gasteiger partial charge is 0.416 e. The van der Waals surface area contributed by atoms with Gasteiger partial charge in [0.2, 0.25) is 11.8 Å². The monoisotopic (exact) mass is 403 g/mol. The van der Waals surface area contributed by atoms with Gasteiger partial charge < -0.3 is 9.15 Å². The normalized spacial score (nSPS) is 17.6. The second-order valence-corrected chi connectivity index (χ2v) is 7.09. The van der Waals surface area contributed by atoms with Crippen LogP contribution in [0.25, 0.3) is 11.5 Å². The molecule has 29 heavy (non-hydrogen) atoms. The number of aromatic nitrogens is 2. The second-order valence-electron chi connectivity index (χ2n) is 7.09. The van der Waals surface area contributed by atoms with Crippen LogP contribution in [0.5, 0.6) is 5.75 Å². The largest absolute Gasteiger partial charge is 0.497 e. The highest BCUT2D eigenvalue weighted by Crippen LogP contribution is 2.31. The number of ether oxygens (including phenoxy) is 1. The lowest BCUT2D eigenvalue weighted by molar-refractivity contribution is -0.137. The summed E-state index contributed by atoms with van der Waals surface area (Å²) in [7, 11) is 1.61. The molecular formula is C21H20F3N3O2. The first-order chi connectivity index (χ1) is 13.9. The zero-order valence-electron chi connectivity index (χ0n) is 15.8. The van der Waals surface area contributed by atoms with Crippen LogP contribution in [-0.2, 0) is 12.7 Å². The zero-order valence-corrected chi connectivity index (χ0v) is 15.8. The van der Waals surface area contributed by atoms with E-state index in [4.69, 9.17) is 9.15 Å². The molecule has 0 aliphatic carbocycles. The van der Waals surface area contributed by atoms with Crippen molar-refractivity contribution in [2.24, 2.45) is 0 Å². The SMILES string of the molecule is COc1ccc(-c2nnc([C@H]3CCN(Cc4ccc(C(F)(F)F)cc4)C3)o2)cc1. The van der Waals surface area contributed by atoms with Crippen molar-refractivity contribution in [3.63, 3.8) is 0 Å². The highest BCUT2D eigenvalue weighted by Gasteiger charge is 2.31. The Morgan fingerprint density at radius 2 is 1.79 bits per heavy atom. The summed E-state index contributed by atoms with van der Waals surface area (Å²) in [6.45, 7) is 2.14. The molecular weight excluding hydrogens is 383 g/mol. The Labute approximate surface area is 166 Å². The molecule has 0 amide bonds. The van der Waals surface area contributed by atoms with E-state index in [0.29, 0.717) is 18.3 Å². The van der Waals surface area contributed by atoms with Gasteiger partial charge in [-0.3, -0.25) is 4.90 Å². The van der Waals surface area contributed by atoms with Gasteiger partial charge in [-0.15, -0.1) is 10.2 Å². The minimum atomic E-state index is -4.31. The predicted octanol–water partition coefficient (Wildman–Crippen LogP) is 4.75. The quantitative estimate of drug-likeness (QED) is 0.615. The van der Waals surface area contributed by atoms with Gasteiger partial charge in [-0.05, 0) is 54.9 Å². The molecule has 0 bridgehead atoms. The van der Waals surface area contributed by atoms with Crippen molar-refractivity contribution in [1.29, 1.82) is 0 Å². The Balaban J connectivity index is 1.38. The third-order valence-electron chi connectivity index (χ3n) is 5.09. The average Bonchev–Trinajstić information content (AvgIpc) is 3.37. The molecule has 0 unspecified atom stereocenters. The molecule has 1 aliphatic rings. The minimum absolute atomic E-state index is 0.115. The van der Waals surface area contributed by atoms with Crippen LogP contribution in [0.15, 0.2) is 52.9 Å². The maximum Gasteiger partial charge on any atom is 0.416 e. The summed E-state index contributed by atoms with van der Waals surface area (Å²) in [5, 5.41) is 8.34. The molecule has 0 radical (unpaired) electrons. The van der Waals surface area contributed by atoms with E-state index in [1.807, 2.05) is 24.3 Å². The van der Waals surface area contributed by atoms with Gasteiger partial charge >= 0.3 is 6.18 Å². The summed E-state index contributed by atoms with van der Waals surface area (Å²) in [5.41, 5.74) is 1.05. The first kappa shape index (κ1) is 19.4. The van der Waals surface area contributed by atoms with Gasteiger partial charge in [0.05, 0.1) is 18.6 Å². The van der Waals surface area contributed by atoms with E-state index >= 15 is 0 Å². The molecule has 0 spiro atoms. The molecule has 2 aromatic carbocycles. The van der Waals surface area contributed by atoms with Gasteiger partial charge in [-0.25, -0.2) is 0 Å². The topological polar surface area (TPSA) is 51.4 Å². The number of methoxy groups -OCH3 is 1. The molecule has 152 valence electrons. The summed E-state index contributed by atoms with van der Waals surface area (Å²) in [6.07, 6.45) is -3.44. The summed E-state index contributed by atoms with van der Waals surface area (Å²) < 4.78 is 49.1. The fourth-order valence-electron chi connectivity index (χ4n) is 3.48. The minimum Gasteiger partial charge on any atom is -0.497 e. The van der Waals surface area contributed by atoms with E-state index < -0.39 is 11.7 Å². The van der Waals surface area contributed by atoms with E-state index in [9.17, 15) is 13.2 Å². The maximum atomic E-state index is 12.7. The Morgan fingerprint density at radius 1 is 1.07 bits per heavy atom. The van der Waals surface area contributed by atoms with Crippen LogP contribution in [0, 0.1) is 0 Å². The summed E-state index contributed by atoms with van der Waals surface area (Å²) in [4.78, 5) is 2.19. The molecule has 0 N–H and O–H groups in total. The Hall–Kier alpha value is -2.87. The molecule has 2 heterocycles. The van der Waals surface area contributed by atoms with Crippen LogP contribution in [0.2, 0.25) is 0 Å². The van der Waals surface area contributed by atoms with Gasteiger partial charge in [0, 0.05) is 18.7 Å². The van der Waals surface area contributed by atoms with E-state index in [1.165, 1.54) is 12.1 Å². The van der Waals surface area contributed by atoms with Crippen LogP contribution in [-0.4, -0.2) is 35.3 Å². The number of hydrogen-bond acceptors (Lipinski definition) is 5. The first-order valence-corrected chi connectivity index (χ1v) is 9.28. The molecule has 5 nitrogen and oxygen atoms in total. The van der Waals surface area contributed by atoms with Crippen LogP contribution in [0.3, 0.4) is 0 Å². The van der Waals surface area contributed by atoms with E-state index in [1.54, 1.807) is 7.11 Å². The zero-order chi connectivity index (χ0) is 20.4. The molecule has 4 rings (SSSR count). The third-order valence-corrected chi connectivity index (χ3v) is 5.09. The third kappa shape index (κ3) is 4.42. The van der Waals surface area contributed by atoms with Crippen molar-refractivity contribution in [2.75, 3.05) is 20.2 Å². The molecule has 1 fully saturated rings. The van der Waals surface area contributed by atoms with Crippen molar-refractivity contribution in [3.8, 4) is 17.2 Å². The number of nitrogens with zero attached hydrogens (tertiary/aromatic N) is 3. The second kappa shape index (κ2) is 7.87. The molecule has 1 aliphatic heterocycles. The van der Waals surface area contributed by atoms with Crippen LogP contribution in [0.4, 0.5) is 13.2 Å². The van der Waals surface area contributed by atoms with E-state index in [0.717, 1.165) is 48.5 Å². The van der Waals surface area contributed by atoms with Gasteiger partial charge in [0.25, 0.3) is 0 Å². The van der Waals surface area contributed by atoms with Crippen LogP contribution >= 0.6 is 0 Å². The van der Waals surface area contributed by atoms with Crippen molar-refractivity contribution < 1.29 is 22.3 Å². The lowest BCUT2D eigenvalue weighted by Crippen LogP contribution is -2.20. The number of rotatable bonds is 5. The number of benzene rings is 2. The Morgan fingerprint density at radius 3 is 2.45 bits per heavy atom. The van der Waals surface area contributed by atoms with Crippen LogP contribution < -0.4 is 4.74 Å². The molecule has 1 saturated heterocycles. The molecule has 1 atom stereocenters. The maximum absolute atomic E-state index is 12.7. The van der Waals surface area contributed by atoms with Crippen molar-refractivity contribution in [3.05, 3.63) is 65.5 Å². The van der Waals surface area contributed by atoms with Crippen molar-refractivity contribution in [2.45, 2.75) is 25.1 Å². The summed E-state index contributed by atoms with van der Waals surface area (Å²) in [5.74, 6) is 1.92.